The van der Waals surface area contributed by atoms with Crippen molar-refractivity contribution in [3.63, 3.8) is 0 Å². The van der Waals surface area contributed by atoms with E-state index in [1.807, 2.05) is 0 Å². The van der Waals surface area contributed by atoms with E-state index in [2.05, 4.69) is 15.4 Å². The largest absolute Gasteiger partial charge is 0.444 e. The summed E-state index contributed by atoms with van der Waals surface area (Å²) in [5, 5.41) is 16.4. The molecule has 0 spiro atoms. The summed E-state index contributed by atoms with van der Waals surface area (Å²) in [6, 6.07) is 6.15. The van der Waals surface area contributed by atoms with Gasteiger partial charge >= 0.3 is 12.2 Å². The Kier molecular flexibility index (Phi) is 12.5. The summed E-state index contributed by atoms with van der Waals surface area (Å²) < 4.78 is 83.3. The zero-order valence-electron chi connectivity index (χ0n) is 34.9. The number of nitrogens with zero attached hydrogens (tertiary/aromatic N) is 4. The van der Waals surface area contributed by atoms with Crippen molar-refractivity contribution in [3.8, 4) is 0 Å². The Balaban J connectivity index is 1.22. The Bertz CT molecular complexity index is 2430. The van der Waals surface area contributed by atoms with Crippen molar-refractivity contribution in [2.75, 3.05) is 19.6 Å². The van der Waals surface area contributed by atoms with Crippen LogP contribution >= 0.6 is 0 Å². The molecule has 3 N–H and O–H groups in total. The first-order valence-electron chi connectivity index (χ1n) is 20.7. The summed E-state index contributed by atoms with van der Waals surface area (Å²) in [6.07, 6.45) is -2.45. The highest BCUT2D eigenvalue weighted by Crippen LogP contribution is 2.48. The van der Waals surface area contributed by atoms with Crippen molar-refractivity contribution < 1.29 is 59.6 Å². The second-order valence-corrected chi connectivity index (χ2v) is 21.5. The van der Waals surface area contributed by atoms with Gasteiger partial charge in [-0.3, -0.25) is 34.1 Å². The van der Waals surface area contributed by atoms with Gasteiger partial charge in [0.1, 0.15) is 35.1 Å². The summed E-state index contributed by atoms with van der Waals surface area (Å²) in [6.45, 7) is 3.57. The van der Waals surface area contributed by atoms with Gasteiger partial charge in [-0.15, -0.1) is 0 Å². The standard InChI is InChI=1S/C40H50FN7O13S2/c1-39(2,3)61-37(52)42-30-16-18-46(63(58,59)33-13-5-4-12-31(33)48(54)55)17-7-6-10-25-20-40(25,36(51)44-62(56,57)27-14-15-27)43-34(49)32-19-26(22-47(32)35(30)50)60-38(53)45-21-24-9-8-11-29(41)28(24)23-45/h4-5,8-9,11-13,25-27,30,32H,6-7,10,14-23H2,1-3H3,(H,42,52)(H,43,49)(H,44,51)/t25-,26-,30+,32+,40-/m1/s1. The molecule has 7 rings (SSSR count). The van der Waals surface area contributed by atoms with E-state index in [1.54, 1.807) is 26.8 Å². The number of benzene rings is 2. The van der Waals surface area contributed by atoms with Crippen LogP contribution < -0.4 is 15.4 Å². The van der Waals surface area contributed by atoms with Crippen molar-refractivity contribution in [1.82, 2.24) is 29.5 Å². The van der Waals surface area contributed by atoms with E-state index in [9.17, 15) is 55.3 Å². The molecule has 2 saturated heterocycles. The lowest BCUT2D eigenvalue weighted by atomic mass is 10.1. The minimum absolute atomic E-state index is 0.0109. The first-order chi connectivity index (χ1) is 29.6. The number of nitro benzene ring substituents is 1. The molecule has 5 aliphatic rings. The van der Waals surface area contributed by atoms with E-state index in [0.717, 1.165) is 21.3 Å². The summed E-state index contributed by atoms with van der Waals surface area (Å²) >= 11 is 0. The van der Waals surface area contributed by atoms with Crippen molar-refractivity contribution in [2.45, 2.75) is 125 Å². The third-order valence-corrected chi connectivity index (χ3v) is 15.7. The fraction of sp³-hybridized carbons (Fsp3) is 0.575. The van der Waals surface area contributed by atoms with Crippen molar-refractivity contribution in [1.29, 1.82) is 0 Å². The molecular weight excluding hydrogens is 870 g/mol. The topological polar surface area (TPSA) is 261 Å². The molecule has 5 amide bonds. The predicted molar refractivity (Wildman–Crippen MR) is 219 cm³/mol. The molecule has 4 fully saturated rings. The quantitative estimate of drug-likeness (QED) is 0.255. The lowest BCUT2D eigenvalue weighted by Crippen LogP contribution is -2.58. The number of halogens is 1. The lowest BCUT2D eigenvalue weighted by molar-refractivity contribution is -0.387. The normalized spacial score (nSPS) is 25.9. The highest BCUT2D eigenvalue weighted by molar-refractivity contribution is 7.91. The number of nitrogens with one attached hydrogen (secondary N) is 3. The molecule has 0 aromatic heterocycles. The number of carbonyl (C=O) groups excluding carboxylic acids is 5. The molecule has 2 aromatic rings. The Morgan fingerprint density at radius 1 is 0.968 bits per heavy atom. The second-order valence-electron chi connectivity index (χ2n) is 17.6. The second kappa shape index (κ2) is 17.3. The van der Waals surface area contributed by atoms with Crippen LogP contribution in [0.5, 0.6) is 0 Å². The number of para-hydroxylation sites is 1. The van der Waals surface area contributed by atoms with Crippen LogP contribution in [0.25, 0.3) is 0 Å². The first kappa shape index (κ1) is 45.6. The molecule has 0 radical (unpaired) electrons. The van der Waals surface area contributed by atoms with E-state index >= 15 is 0 Å². The number of ether oxygens (including phenoxy) is 2. The highest BCUT2D eigenvalue weighted by Gasteiger charge is 2.62. The van der Waals surface area contributed by atoms with E-state index < -0.39 is 131 Å². The van der Waals surface area contributed by atoms with Gasteiger partial charge in [-0.1, -0.05) is 30.7 Å². The van der Waals surface area contributed by atoms with Crippen LogP contribution in [0.1, 0.15) is 83.3 Å². The average Bonchev–Trinajstić information content (AvgIpc) is 4.09. The molecule has 3 heterocycles. The Morgan fingerprint density at radius 3 is 2.38 bits per heavy atom. The van der Waals surface area contributed by atoms with Gasteiger partial charge in [0, 0.05) is 37.7 Å². The molecule has 63 heavy (non-hydrogen) atoms. The molecule has 0 bridgehead atoms. The first-order valence-corrected chi connectivity index (χ1v) is 23.7. The number of fused-ring (bicyclic) bond motifs is 3. The molecule has 342 valence electrons. The number of hydrogen-bond donors (Lipinski definition) is 3. The maximum atomic E-state index is 14.8. The minimum Gasteiger partial charge on any atom is -0.444 e. The Labute approximate surface area is 363 Å². The summed E-state index contributed by atoms with van der Waals surface area (Å²) in [5.41, 5.74) is -2.59. The maximum absolute atomic E-state index is 14.8. The van der Waals surface area contributed by atoms with Gasteiger partial charge in [-0.25, -0.2) is 30.8 Å². The van der Waals surface area contributed by atoms with Crippen LogP contribution in [0.2, 0.25) is 0 Å². The van der Waals surface area contributed by atoms with Crippen LogP contribution in [-0.2, 0) is 57.0 Å². The minimum atomic E-state index is -4.64. The molecule has 5 atom stereocenters. The number of hydrogen-bond acceptors (Lipinski definition) is 13. The van der Waals surface area contributed by atoms with Gasteiger partial charge in [0.05, 0.1) is 23.3 Å². The highest BCUT2D eigenvalue weighted by atomic mass is 32.2. The molecule has 2 aliphatic carbocycles. The summed E-state index contributed by atoms with van der Waals surface area (Å²) in [4.78, 5) is 82.8. The number of amides is 5. The van der Waals surface area contributed by atoms with Gasteiger partial charge in [-0.2, -0.15) is 4.31 Å². The Morgan fingerprint density at radius 2 is 1.70 bits per heavy atom. The number of nitro groups is 1. The molecule has 23 heteroatoms. The van der Waals surface area contributed by atoms with Crippen LogP contribution in [0.3, 0.4) is 0 Å². The lowest BCUT2D eigenvalue weighted by Gasteiger charge is -2.31. The Hall–Kier alpha value is -5.42. The molecule has 2 aromatic carbocycles. The SMILES string of the molecule is CC(C)(C)OC(=O)N[C@H]1CCN(S(=O)(=O)c2ccccc2[N+](=O)[O-])CCCC[C@@H]2C[C@@]2(C(=O)NS(=O)(=O)C2CC2)NC(=O)[C@@H]2C[C@@H](OC(=O)N3Cc4cccc(F)c4C3)CN2C1=O. The van der Waals surface area contributed by atoms with Gasteiger partial charge < -0.3 is 25.0 Å². The third-order valence-electron chi connectivity index (χ3n) is 11.9. The number of sulfonamides is 2. The van der Waals surface area contributed by atoms with Gasteiger partial charge in [0.15, 0.2) is 4.90 Å². The third kappa shape index (κ3) is 9.89. The molecule has 3 aliphatic heterocycles. The van der Waals surface area contributed by atoms with E-state index in [4.69, 9.17) is 9.47 Å². The smallest absolute Gasteiger partial charge is 0.410 e. The fourth-order valence-electron chi connectivity index (χ4n) is 8.43. The number of alkyl carbamates (subject to hydrolysis) is 1. The zero-order chi connectivity index (χ0) is 45.6. The van der Waals surface area contributed by atoms with Crippen LogP contribution in [0.4, 0.5) is 19.7 Å². The van der Waals surface area contributed by atoms with Crippen LogP contribution in [0, 0.1) is 21.8 Å². The van der Waals surface area contributed by atoms with E-state index in [-0.39, 0.29) is 51.7 Å². The van der Waals surface area contributed by atoms with Crippen molar-refractivity contribution in [3.05, 3.63) is 69.5 Å². The summed E-state index contributed by atoms with van der Waals surface area (Å²) in [7, 11) is -8.71. The van der Waals surface area contributed by atoms with Crippen molar-refractivity contribution >= 4 is 55.6 Å². The average molecular weight is 920 g/mol. The molecular formula is C40H50FN7O13S2. The molecule has 0 unspecified atom stereocenters. The number of rotatable bonds is 8. The van der Waals surface area contributed by atoms with Crippen LogP contribution in [0.15, 0.2) is 47.4 Å². The van der Waals surface area contributed by atoms with Crippen LogP contribution in [-0.4, -0.2) is 120 Å². The molecule has 2 saturated carbocycles. The summed E-state index contributed by atoms with van der Waals surface area (Å²) in [5.74, 6) is -3.88. The monoisotopic (exact) mass is 919 g/mol. The van der Waals surface area contributed by atoms with Gasteiger partial charge in [0.25, 0.3) is 11.6 Å². The predicted octanol–water partition coefficient (Wildman–Crippen LogP) is 2.80. The van der Waals surface area contributed by atoms with E-state index in [0.29, 0.717) is 24.0 Å². The number of carbonyl (C=O) groups is 5. The molecule has 20 nitrogen and oxygen atoms in total. The maximum Gasteiger partial charge on any atom is 0.410 e. The zero-order valence-corrected chi connectivity index (χ0v) is 36.5. The van der Waals surface area contributed by atoms with Gasteiger partial charge in [0.2, 0.25) is 31.9 Å². The van der Waals surface area contributed by atoms with Crippen molar-refractivity contribution in [2.24, 2.45) is 5.92 Å². The fourth-order valence-corrected chi connectivity index (χ4v) is 11.4. The van der Waals surface area contributed by atoms with Gasteiger partial charge in [-0.05, 0) is 82.9 Å². The van der Waals surface area contributed by atoms with E-state index in [1.165, 1.54) is 29.2 Å².